The number of oxime groups is 1. The lowest BCUT2D eigenvalue weighted by Crippen LogP contribution is -2.15. The summed E-state index contributed by atoms with van der Waals surface area (Å²) < 4.78 is 0. The number of fused-ring (bicyclic) bond motifs is 1. The third-order valence-corrected chi connectivity index (χ3v) is 5.41. The number of halogens is 1. The van der Waals surface area contributed by atoms with Crippen molar-refractivity contribution < 1.29 is 14.7 Å². The van der Waals surface area contributed by atoms with Crippen LogP contribution in [0.2, 0.25) is 5.02 Å². The van der Waals surface area contributed by atoms with Gasteiger partial charge in [0.1, 0.15) is 5.75 Å². The van der Waals surface area contributed by atoms with Gasteiger partial charge in [0.25, 0.3) is 0 Å². The first-order valence-electron chi connectivity index (χ1n) is 7.95. The molecule has 1 aliphatic carbocycles. The number of rotatable bonds is 3. The molecule has 1 N–H and O–H groups in total. The van der Waals surface area contributed by atoms with Crippen molar-refractivity contribution in [2.45, 2.75) is 31.1 Å². The molecule has 6 heteroatoms. The Kier molecular flexibility index (Phi) is 5.35. The third kappa shape index (κ3) is 3.67. The largest absolute Gasteiger partial charge is 0.508 e. The van der Waals surface area contributed by atoms with Gasteiger partial charge in [-0.15, -0.1) is 11.8 Å². The summed E-state index contributed by atoms with van der Waals surface area (Å²) in [6.07, 6.45) is 4.43. The maximum Gasteiger partial charge on any atom is 0.367 e. The van der Waals surface area contributed by atoms with Crippen molar-refractivity contribution in [1.29, 1.82) is 0 Å². The second kappa shape index (κ2) is 7.50. The number of phenolic OH excluding ortho intramolecular Hbond substituents is 1. The molecule has 0 saturated carbocycles. The van der Waals surface area contributed by atoms with Crippen molar-refractivity contribution in [2.24, 2.45) is 5.16 Å². The van der Waals surface area contributed by atoms with Crippen LogP contribution in [0.25, 0.3) is 0 Å². The number of carbonyl (C=O) groups excluding carboxylic acids is 1. The topological polar surface area (TPSA) is 58.9 Å². The van der Waals surface area contributed by atoms with Gasteiger partial charge in [0, 0.05) is 10.5 Å². The highest BCUT2D eigenvalue weighted by Gasteiger charge is 2.20. The van der Waals surface area contributed by atoms with E-state index in [9.17, 15) is 9.90 Å². The number of aromatic hydroxyl groups is 1. The number of thioether (sulfide) groups is 1. The molecule has 2 aromatic rings. The summed E-state index contributed by atoms with van der Waals surface area (Å²) >= 11 is 7.63. The van der Waals surface area contributed by atoms with Crippen LogP contribution < -0.4 is 0 Å². The Labute approximate surface area is 155 Å². The summed E-state index contributed by atoms with van der Waals surface area (Å²) in [5.74, 6) is -0.298. The summed E-state index contributed by atoms with van der Waals surface area (Å²) in [5.41, 5.74) is 3.86. The Bertz CT molecular complexity index is 864. The normalized spacial score (nSPS) is 15.1. The Morgan fingerprint density at radius 3 is 2.84 bits per heavy atom. The first-order valence-corrected chi connectivity index (χ1v) is 9.55. The Balaban J connectivity index is 1.87. The second-order valence-electron chi connectivity index (χ2n) is 5.85. The average molecular weight is 376 g/mol. The van der Waals surface area contributed by atoms with E-state index in [0.29, 0.717) is 10.6 Å². The van der Waals surface area contributed by atoms with Gasteiger partial charge in [0.05, 0.1) is 16.3 Å². The molecule has 1 aliphatic rings. The zero-order chi connectivity index (χ0) is 18.0. The summed E-state index contributed by atoms with van der Waals surface area (Å²) in [6.45, 7) is 1.89. The minimum Gasteiger partial charge on any atom is -0.508 e. The van der Waals surface area contributed by atoms with E-state index < -0.39 is 5.97 Å². The molecule has 3 rings (SSSR count). The minimum atomic E-state index is -0.573. The van der Waals surface area contributed by atoms with E-state index in [1.165, 1.54) is 11.8 Å². The van der Waals surface area contributed by atoms with Gasteiger partial charge in [-0.3, -0.25) is 0 Å². The summed E-state index contributed by atoms with van der Waals surface area (Å²) in [6, 6.07) is 8.70. The molecule has 0 saturated heterocycles. The number of phenols is 1. The van der Waals surface area contributed by atoms with Crippen LogP contribution in [0.5, 0.6) is 5.75 Å². The van der Waals surface area contributed by atoms with Crippen molar-refractivity contribution in [2.75, 3.05) is 6.26 Å². The van der Waals surface area contributed by atoms with Gasteiger partial charge in [-0.2, -0.15) is 0 Å². The van der Waals surface area contributed by atoms with Gasteiger partial charge in [-0.1, -0.05) is 16.8 Å². The van der Waals surface area contributed by atoms with Crippen LogP contribution in [0.15, 0.2) is 40.4 Å². The molecule has 0 aliphatic heterocycles. The quantitative estimate of drug-likeness (QED) is 0.467. The molecule has 25 heavy (non-hydrogen) atoms. The predicted octanol–water partition coefficient (Wildman–Crippen LogP) is 4.97. The van der Waals surface area contributed by atoms with Crippen LogP contribution in [0.1, 0.15) is 39.9 Å². The fourth-order valence-corrected chi connectivity index (χ4v) is 3.57. The molecule has 4 nitrogen and oxygen atoms in total. The molecule has 2 aromatic carbocycles. The number of hydrogen-bond donors (Lipinski definition) is 1. The molecule has 130 valence electrons. The number of carbonyl (C=O) groups is 1. The van der Waals surface area contributed by atoms with Gasteiger partial charge in [0.2, 0.25) is 0 Å². The molecule has 0 unspecified atom stereocenters. The van der Waals surface area contributed by atoms with E-state index in [2.05, 4.69) is 5.16 Å². The Hall–Kier alpha value is -1.98. The number of hydrogen-bond acceptors (Lipinski definition) is 5. The van der Waals surface area contributed by atoms with Crippen molar-refractivity contribution in [3.05, 3.63) is 57.6 Å². The van der Waals surface area contributed by atoms with Crippen molar-refractivity contribution in [3.8, 4) is 5.75 Å². The van der Waals surface area contributed by atoms with Crippen LogP contribution >= 0.6 is 23.4 Å². The van der Waals surface area contributed by atoms with E-state index in [-0.39, 0.29) is 5.75 Å². The van der Waals surface area contributed by atoms with Crippen molar-refractivity contribution >= 4 is 35.0 Å². The minimum absolute atomic E-state index is 0.276. The monoisotopic (exact) mass is 375 g/mol. The molecule has 0 amide bonds. The van der Waals surface area contributed by atoms with Crippen LogP contribution in [0.4, 0.5) is 0 Å². The zero-order valence-corrected chi connectivity index (χ0v) is 15.6. The highest BCUT2D eigenvalue weighted by molar-refractivity contribution is 7.98. The predicted molar refractivity (Wildman–Crippen MR) is 101 cm³/mol. The van der Waals surface area contributed by atoms with Gasteiger partial charge >= 0.3 is 5.97 Å². The van der Waals surface area contributed by atoms with E-state index in [1.807, 2.05) is 25.3 Å². The van der Waals surface area contributed by atoms with Gasteiger partial charge in [-0.05, 0) is 73.9 Å². The highest BCUT2D eigenvalue weighted by Crippen LogP contribution is 2.30. The molecule has 0 fully saturated rings. The lowest BCUT2D eigenvalue weighted by molar-refractivity contribution is 0.0515. The number of nitrogens with zero attached hydrogens (tertiary/aromatic N) is 1. The van der Waals surface area contributed by atoms with E-state index in [0.717, 1.165) is 46.6 Å². The van der Waals surface area contributed by atoms with E-state index in [4.69, 9.17) is 16.4 Å². The van der Waals surface area contributed by atoms with Crippen molar-refractivity contribution in [1.82, 2.24) is 0 Å². The molecule has 0 heterocycles. The summed E-state index contributed by atoms with van der Waals surface area (Å²) in [7, 11) is 0. The van der Waals surface area contributed by atoms with Crippen LogP contribution in [-0.4, -0.2) is 23.0 Å². The van der Waals surface area contributed by atoms with E-state index >= 15 is 0 Å². The SMILES string of the molecule is CSc1ccc(Cl)c(C(=O)ON=C2CCCc3c2ccc(O)c3C)c1. The molecule has 0 bridgehead atoms. The van der Waals surface area contributed by atoms with Gasteiger partial charge in [-0.25, -0.2) is 4.79 Å². The second-order valence-corrected chi connectivity index (χ2v) is 7.14. The Morgan fingerprint density at radius 1 is 1.28 bits per heavy atom. The lowest BCUT2D eigenvalue weighted by atomic mass is 9.87. The van der Waals surface area contributed by atoms with Crippen LogP contribution in [0, 0.1) is 6.92 Å². The van der Waals surface area contributed by atoms with Crippen molar-refractivity contribution in [3.63, 3.8) is 0 Å². The Morgan fingerprint density at radius 2 is 2.08 bits per heavy atom. The maximum atomic E-state index is 12.3. The molecule has 0 aromatic heterocycles. The molecule has 0 radical (unpaired) electrons. The fourth-order valence-electron chi connectivity index (χ4n) is 2.93. The first-order chi connectivity index (χ1) is 12.0. The van der Waals surface area contributed by atoms with E-state index in [1.54, 1.807) is 18.2 Å². The van der Waals surface area contributed by atoms with Gasteiger partial charge < -0.3 is 9.94 Å². The smallest absolute Gasteiger partial charge is 0.367 e. The number of benzene rings is 2. The summed E-state index contributed by atoms with van der Waals surface area (Å²) in [5, 5.41) is 14.3. The standard InChI is InChI=1S/C19H18ClNO3S/c1-11-13-4-3-5-17(14(13)7-9-18(11)22)21-24-19(23)15-10-12(25-2)6-8-16(15)20/h6-10,22H,3-5H2,1-2H3. The third-order valence-electron chi connectivity index (χ3n) is 4.35. The molecular weight excluding hydrogens is 358 g/mol. The first kappa shape index (κ1) is 17.8. The van der Waals surface area contributed by atoms with Gasteiger partial charge in [0.15, 0.2) is 0 Å². The van der Waals surface area contributed by atoms with Crippen LogP contribution in [-0.2, 0) is 11.3 Å². The molecule has 0 atom stereocenters. The average Bonchev–Trinajstić information content (AvgIpc) is 2.63. The maximum absolute atomic E-state index is 12.3. The molecular formula is C19H18ClNO3S. The zero-order valence-electron chi connectivity index (χ0n) is 14.0. The highest BCUT2D eigenvalue weighted by atomic mass is 35.5. The summed E-state index contributed by atoms with van der Waals surface area (Å²) in [4.78, 5) is 18.4. The van der Waals surface area contributed by atoms with Crippen LogP contribution in [0.3, 0.4) is 0 Å². The fraction of sp³-hybridized carbons (Fsp3) is 0.263. The lowest BCUT2D eigenvalue weighted by Gasteiger charge is -2.20. The molecule has 0 spiro atoms.